The number of pyridine rings is 1. The molecule has 1 atom stereocenters. The highest BCUT2D eigenvalue weighted by Gasteiger charge is 2.30. The molecule has 1 aromatic carbocycles. The molecule has 0 bridgehead atoms. The maximum absolute atomic E-state index is 12.8. The van der Waals surface area contributed by atoms with Gasteiger partial charge in [-0.2, -0.15) is 18.3 Å². The minimum Gasteiger partial charge on any atom is -0.493 e. The molecule has 6 nitrogen and oxygen atoms in total. The monoisotopic (exact) mass is 432 g/mol. The number of alkyl halides is 3. The number of morpholine rings is 1. The van der Waals surface area contributed by atoms with Gasteiger partial charge in [0.1, 0.15) is 11.9 Å². The molecule has 0 spiro atoms. The van der Waals surface area contributed by atoms with Crippen LogP contribution in [0.1, 0.15) is 28.6 Å². The van der Waals surface area contributed by atoms with Gasteiger partial charge in [-0.3, -0.25) is 15.0 Å². The van der Waals surface area contributed by atoms with Gasteiger partial charge in [0.15, 0.2) is 0 Å². The predicted octanol–water partition coefficient (Wildman–Crippen LogP) is 4.02. The van der Waals surface area contributed by atoms with Crippen LogP contribution in [0.15, 0.2) is 54.9 Å². The second kappa shape index (κ2) is 9.49. The third-order valence-electron chi connectivity index (χ3n) is 5.06. The number of H-pyrrole nitrogens is 1. The number of nitrogens with one attached hydrogen (secondary N) is 1. The smallest absolute Gasteiger partial charge is 0.416 e. The van der Waals surface area contributed by atoms with E-state index in [0.717, 1.165) is 48.7 Å². The van der Waals surface area contributed by atoms with E-state index in [9.17, 15) is 13.2 Å². The Bertz CT molecular complexity index is 978. The van der Waals surface area contributed by atoms with E-state index in [-0.39, 0.29) is 18.5 Å². The molecule has 0 aliphatic carbocycles. The van der Waals surface area contributed by atoms with E-state index >= 15 is 0 Å². The third-order valence-corrected chi connectivity index (χ3v) is 5.06. The normalized spacial score (nSPS) is 17.6. The summed E-state index contributed by atoms with van der Waals surface area (Å²) in [4.78, 5) is 6.46. The van der Waals surface area contributed by atoms with Crippen molar-refractivity contribution in [2.24, 2.45) is 0 Å². The van der Waals surface area contributed by atoms with Gasteiger partial charge in [-0.15, -0.1) is 0 Å². The van der Waals surface area contributed by atoms with Crippen LogP contribution in [0, 0.1) is 0 Å². The van der Waals surface area contributed by atoms with Crippen molar-refractivity contribution in [2.45, 2.75) is 25.2 Å². The molecule has 3 aromatic rings. The van der Waals surface area contributed by atoms with Crippen molar-refractivity contribution in [1.29, 1.82) is 0 Å². The summed E-state index contributed by atoms with van der Waals surface area (Å²) in [5.74, 6) is 0.191. The average molecular weight is 432 g/mol. The molecule has 164 valence electrons. The van der Waals surface area contributed by atoms with E-state index in [1.165, 1.54) is 12.1 Å². The maximum atomic E-state index is 12.8. The lowest BCUT2D eigenvalue weighted by molar-refractivity contribution is -0.137. The molecule has 0 amide bonds. The van der Waals surface area contributed by atoms with Gasteiger partial charge in [-0.1, -0.05) is 12.1 Å². The van der Waals surface area contributed by atoms with E-state index in [0.29, 0.717) is 13.0 Å². The summed E-state index contributed by atoms with van der Waals surface area (Å²) in [6.07, 6.45) is -0.410. The van der Waals surface area contributed by atoms with Gasteiger partial charge < -0.3 is 9.47 Å². The standard InChI is InChI=1S/C22H23F3N4O2/c23-22(24,25)17-4-1-5-19(11-17)30-9-6-18-12-20(28-27-18)21-15-29(8-10-31-21)14-16-3-2-7-26-13-16/h1-5,7,11-13,21H,6,8-10,14-15H2,(H,27,28). The van der Waals surface area contributed by atoms with Gasteiger partial charge in [-0.05, 0) is 35.9 Å². The number of nitrogens with zero attached hydrogens (tertiary/aromatic N) is 3. The van der Waals surface area contributed by atoms with Gasteiger partial charge >= 0.3 is 6.18 Å². The van der Waals surface area contributed by atoms with Crippen molar-refractivity contribution in [3.63, 3.8) is 0 Å². The summed E-state index contributed by atoms with van der Waals surface area (Å²) in [5, 5.41) is 7.33. The van der Waals surface area contributed by atoms with E-state index in [2.05, 4.69) is 26.1 Å². The van der Waals surface area contributed by atoms with Gasteiger partial charge in [-0.25, -0.2) is 0 Å². The van der Waals surface area contributed by atoms with E-state index in [4.69, 9.17) is 9.47 Å². The number of aromatic amines is 1. The number of halogens is 3. The van der Waals surface area contributed by atoms with E-state index in [1.54, 1.807) is 6.20 Å². The fourth-order valence-electron chi connectivity index (χ4n) is 3.49. The molecule has 0 saturated carbocycles. The lowest BCUT2D eigenvalue weighted by Gasteiger charge is -2.32. The number of rotatable bonds is 7. The van der Waals surface area contributed by atoms with Gasteiger partial charge in [0, 0.05) is 44.1 Å². The Balaban J connectivity index is 1.29. The largest absolute Gasteiger partial charge is 0.493 e. The predicted molar refractivity (Wildman–Crippen MR) is 107 cm³/mol. The van der Waals surface area contributed by atoms with Gasteiger partial charge in [0.25, 0.3) is 0 Å². The second-order valence-electron chi connectivity index (χ2n) is 7.40. The highest BCUT2D eigenvalue weighted by molar-refractivity contribution is 5.30. The van der Waals surface area contributed by atoms with Crippen LogP contribution >= 0.6 is 0 Å². The molecule has 1 saturated heterocycles. The van der Waals surface area contributed by atoms with Crippen LogP contribution in [0.2, 0.25) is 0 Å². The molecule has 3 heterocycles. The number of aromatic nitrogens is 3. The zero-order valence-electron chi connectivity index (χ0n) is 16.8. The molecular weight excluding hydrogens is 409 g/mol. The topological polar surface area (TPSA) is 63.3 Å². The molecule has 9 heteroatoms. The van der Waals surface area contributed by atoms with Crippen LogP contribution in [0.3, 0.4) is 0 Å². The minimum atomic E-state index is -4.39. The van der Waals surface area contributed by atoms with Crippen molar-refractivity contribution in [3.05, 3.63) is 77.4 Å². The molecule has 1 fully saturated rings. The third kappa shape index (κ3) is 5.83. The zero-order chi connectivity index (χ0) is 21.7. The highest BCUT2D eigenvalue weighted by atomic mass is 19.4. The van der Waals surface area contributed by atoms with Crippen LogP contribution in [0.4, 0.5) is 13.2 Å². The minimum absolute atomic E-state index is 0.139. The molecular formula is C22H23F3N4O2. The Hall–Kier alpha value is -2.91. The van der Waals surface area contributed by atoms with Crippen molar-refractivity contribution >= 4 is 0 Å². The summed E-state index contributed by atoms with van der Waals surface area (Å²) < 4.78 is 49.8. The second-order valence-corrected chi connectivity index (χ2v) is 7.40. The first kappa shape index (κ1) is 21.3. The SMILES string of the molecule is FC(F)(F)c1cccc(OCCc2cc(C3CN(Cc4cccnc4)CCO3)n[nH]2)c1. The Kier molecular flexibility index (Phi) is 6.53. The summed E-state index contributed by atoms with van der Waals surface area (Å²) in [6, 6.07) is 10.8. The van der Waals surface area contributed by atoms with Crippen LogP contribution < -0.4 is 4.74 Å². The van der Waals surface area contributed by atoms with Crippen LogP contribution in [0.5, 0.6) is 5.75 Å². The van der Waals surface area contributed by atoms with Crippen LogP contribution in [0.25, 0.3) is 0 Å². The van der Waals surface area contributed by atoms with Gasteiger partial charge in [0.05, 0.1) is 24.5 Å². The molecule has 1 aliphatic rings. The van der Waals surface area contributed by atoms with Gasteiger partial charge in [0.2, 0.25) is 0 Å². The van der Waals surface area contributed by atoms with Crippen molar-refractivity contribution in [2.75, 3.05) is 26.3 Å². The molecule has 31 heavy (non-hydrogen) atoms. The van der Waals surface area contributed by atoms with Crippen LogP contribution in [-0.4, -0.2) is 46.4 Å². The quantitative estimate of drug-likeness (QED) is 0.611. The molecule has 2 aromatic heterocycles. The Labute approximate surface area is 178 Å². The average Bonchev–Trinajstić information content (AvgIpc) is 3.23. The number of benzene rings is 1. The fourth-order valence-corrected chi connectivity index (χ4v) is 3.49. The molecule has 1 N–H and O–H groups in total. The maximum Gasteiger partial charge on any atom is 0.416 e. The van der Waals surface area contributed by atoms with Crippen LogP contribution in [-0.2, 0) is 23.9 Å². The fraction of sp³-hybridized carbons (Fsp3) is 0.364. The Morgan fingerprint density at radius 1 is 1.19 bits per heavy atom. The zero-order valence-corrected chi connectivity index (χ0v) is 16.8. The number of hydrogen-bond donors (Lipinski definition) is 1. The summed E-state index contributed by atoms with van der Waals surface area (Å²) in [5.41, 5.74) is 2.08. The first-order chi connectivity index (χ1) is 15.0. The first-order valence-corrected chi connectivity index (χ1v) is 10.0. The molecule has 1 unspecified atom stereocenters. The summed E-state index contributed by atoms with van der Waals surface area (Å²) >= 11 is 0. The van der Waals surface area contributed by atoms with Crippen molar-refractivity contribution < 1.29 is 22.6 Å². The molecule has 1 aliphatic heterocycles. The lowest BCUT2D eigenvalue weighted by atomic mass is 10.1. The van der Waals surface area contributed by atoms with Crippen molar-refractivity contribution in [1.82, 2.24) is 20.1 Å². The Morgan fingerprint density at radius 3 is 2.90 bits per heavy atom. The first-order valence-electron chi connectivity index (χ1n) is 10.0. The molecule has 4 rings (SSSR count). The van der Waals surface area contributed by atoms with Crippen molar-refractivity contribution in [3.8, 4) is 5.75 Å². The Morgan fingerprint density at radius 2 is 2.10 bits per heavy atom. The summed E-state index contributed by atoms with van der Waals surface area (Å²) in [6.45, 7) is 3.22. The molecule has 0 radical (unpaired) electrons. The lowest BCUT2D eigenvalue weighted by Crippen LogP contribution is -2.37. The highest BCUT2D eigenvalue weighted by Crippen LogP contribution is 2.31. The van der Waals surface area contributed by atoms with E-state index in [1.807, 2.05) is 18.3 Å². The number of ether oxygens (including phenoxy) is 2. The van der Waals surface area contributed by atoms with E-state index < -0.39 is 11.7 Å². The summed E-state index contributed by atoms with van der Waals surface area (Å²) in [7, 11) is 0. The number of hydrogen-bond acceptors (Lipinski definition) is 5.